The Bertz CT molecular complexity index is 657. The lowest BCUT2D eigenvalue weighted by Crippen LogP contribution is -2.28. The molecule has 0 heterocycles. The topological polar surface area (TPSA) is 67.2 Å². The fourth-order valence-electron chi connectivity index (χ4n) is 3.13. The van der Waals surface area contributed by atoms with Crippen molar-refractivity contribution in [2.75, 3.05) is 10.6 Å². The Morgan fingerprint density at radius 2 is 1.74 bits per heavy atom. The van der Waals surface area contributed by atoms with Crippen molar-refractivity contribution < 1.29 is 4.79 Å². The summed E-state index contributed by atoms with van der Waals surface area (Å²) >= 11 is 0. The largest absolute Gasteiger partial charge is 0.355 e. The first kappa shape index (κ1) is 15.6. The minimum Gasteiger partial charge on any atom is -0.355 e. The Morgan fingerprint density at radius 1 is 1.00 bits per heavy atom. The molecule has 0 radical (unpaired) electrons. The van der Waals surface area contributed by atoms with Gasteiger partial charge >= 0.3 is 0 Å². The molecule has 0 aromatic heterocycles. The molecule has 23 heavy (non-hydrogen) atoms. The average molecular weight is 309 g/mol. The van der Waals surface area contributed by atoms with Gasteiger partial charge in [0.1, 0.15) is 0 Å². The summed E-state index contributed by atoms with van der Waals surface area (Å²) in [5.74, 6) is 0.366. The number of rotatable bonds is 5. The zero-order valence-corrected chi connectivity index (χ0v) is 13.2. The standard InChI is InChI=1S/C19H23N3O/c20-18-11-4-6-14(18)12-19(23)22-17-10-5-9-16(13-17)21-15-7-2-1-3-8-15/h1-3,5,7-10,13-14,18,21H,4,6,11-12,20H2,(H,22,23)/t14-,18+/m0/s1. The molecule has 1 amide bonds. The van der Waals surface area contributed by atoms with Crippen LogP contribution in [0.15, 0.2) is 54.6 Å². The van der Waals surface area contributed by atoms with Gasteiger partial charge in [0.25, 0.3) is 0 Å². The first-order valence-electron chi connectivity index (χ1n) is 8.18. The quantitative estimate of drug-likeness (QED) is 0.785. The van der Waals surface area contributed by atoms with Gasteiger partial charge in [0, 0.05) is 29.5 Å². The third-order valence-electron chi connectivity index (χ3n) is 4.37. The second kappa shape index (κ2) is 7.29. The van der Waals surface area contributed by atoms with Crippen molar-refractivity contribution in [1.29, 1.82) is 0 Å². The summed E-state index contributed by atoms with van der Waals surface area (Å²) in [7, 11) is 0. The highest BCUT2D eigenvalue weighted by molar-refractivity contribution is 5.91. The molecule has 4 heteroatoms. The maximum Gasteiger partial charge on any atom is 0.224 e. The van der Waals surface area contributed by atoms with Gasteiger partial charge in [-0.25, -0.2) is 0 Å². The SMILES string of the molecule is N[C@@H]1CCC[C@H]1CC(=O)Nc1cccc(Nc2ccccc2)c1. The Kier molecular flexibility index (Phi) is 4.93. The van der Waals surface area contributed by atoms with Gasteiger partial charge in [0.2, 0.25) is 5.91 Å². The molecule has 2 atom stereocenters. The fraction of sp³-hybridized carbons (Fsp3) is 0.316. The van der Waals surface area contributed by atoms with Crippen molar-refractivity contribution >= 4 is 23.0 Å². The number of nitrogens with one attached hydrogen (secondary N) is 2. The number of amides is 1. The van der Waals surface area contributed by atoms with Crippen LogP contribution in [-0.2, 0) is 4.79 Å². The lowest BCUT2D eigenvalue weighted by atomic mass is 10.00. The molecule has 0 bridgehead atoms. The van der Waals surface area contributed by atoms with Crippen molar-refractivity contribution in [2.45, 2.75) is 31.7 Å². The summed E-state index contributed by atoms with van der Waals surface area (Å²) in [4.78, 5) is 12.2. The normalized spacial score (nSPS) is 20.2. The van der Waals surface area contributed by atoms with Crippen molar-refractivity contribution in [3.63, 3.8) is 0 Å². The molecular weight excluding hydrogens is 286 g/mol. The Hall–Kier alpha value is -2.33. The highest BCUT2D eigenvalue weighted by Crippen LogP contribution is 2.27. The van der Waals surface area contributed by atoms with E-state index in [0.29, 0.717) is 12.3 Å². The van der Waals surface area contributed by atoms with Crippen LogP contribution >= 0.6 is 0 Å². The summed E-state index contributed by atoms with van der Waals surface area (Å²) < 4.78 is 0. The first-order chi connectivity index (χ1) is 11.2. The van der Waals surface area contributed by atoms with Crippen LogP contribution in [0.5, 0.6) is 0 Å². The summed E-state index contributed by atoms with van der Waals surface area (Å²) in [6.45, 7) is 0. The second-order valence-corrected chi connectivity index (χ2v) is 6.18. The van der Waals surface area contributed by atoms with E-state index in [-0.39, 0.29) is 11.9 Å². The summed E-state index contributed by atoms with van der Waals surface area (Å²) in [5, 5.41) is 6.31. The molecular formula is C19H23N3O. The number of anilines is 3. The maximum absolute atomic E-state index is 12.2. The van der Waals surface area contributed by atoms with Gasteiger partial charge in [-0.15, -0.1) is 0 Å². The molecule has 1 fully saturated rings. The third-order valence-corrected chi connectivity index (χ3v) is 4.37. The molecule has 120 valence electrons. The van der Waals surface area contributed by atoms with Crippen molar-refractivity contribution in [1.82, 2.24) is 0 Å². The van der Waals surface area contributed by atoms with Crippen LogP contribution < -0.4 is 16.4 Å². The average Bonchev–Trinajstić information content (AvgIpc) is 2.93. The number of hydrogen-bond acceptors (Lipinski definition) is 3. The second-order valence-electron chi connectivity index (χ2n) is 6.18. The molecule has 4 nitrogen and oxygen atoms in total. The third kappa shape index (κ3) is 4.33. The maximum atomic E-state index is 12.2. The highest BCUT2D eigenvalue weighted by atomic mass is 16.1. The number of hydrogen-bond donors (Lipinski definition) is 3. The van der Waals surface area contributed by atoms with E-state index in [9.17, 15) is 4.79 Å². The zero-order chi connectivity index (χ0) is 16.1. The van der Waals surface area contributed by atoms with E-state index in [4.69, 9.17) is 5.73 Å². The lowest BCUT2D eigenvalue weighted by Gasteiger charge is -2.15. The highest BCUT2D eigenvalue weighted by Gasteiger charge is 2.25. The molecule has 1 aliphatic carbocycles. The van der Waals surface area contributed by atoms with Crippen molar-refractivity contribution in [3.8, 4) is 0 Å². The van der Waals surface area contributed by atoms with Gasteiger partial charge in [-0.2, -0.15) is 0 Å². The number of carbonyl (C=O) groups excluding carboxylic acids is 1. The van der Waals surface area contributed by atoms with Gasteiger partial charge in [-0.05, 0) is 49.1 Å². The van der Waals surface area contributed by atoms with E-state index < -0.39 is 0 Å². The Labute approximate surface area is 137 Å². The zero-order valence-electron chi connectivity index (χ0n) is 13.2. The van der Waals surface area contributed by atoms with Gasteiger partial charge < -0.3 is 16.4 Å². The van der Waals surface area contributed by atoms with Gasteiger partial charge in [-0.1, -0.05) is 30.7 Å². The van der Waals surface area contributed by atoms with Crippen LogP contribution in [0.4, 0.5) is 17.1 Å². The molecule has 0 spiro atoms. The van der Waals surface area contributed by atoms with Crippen molar-refractivity contribution in [3.05, 3.63) is 54.6 Å². The van der Waals surface area contributed by atoms with E-state index in [0.717, 1.165) is 36.3 Å². The molecule has 1 aliphatic rings. The van der Waals surface area contributed by atoms with E-state index >= 15 is 0 Å². The minimum absolute atomic E-state index is 0.0456. The molecule has 2 aromatic carbocycles. The molecule has 3 rings (SSSR count). The molecule has 0 saturated heterocycles. The number of para-hydroxylation sites is 1. The van der Waals surface area contributed by atoms with E-state index in [1.807, 2.05) is 54.6 Å². The van der Waals surface area contributed by atoms with E-state index in [1.54, 1.807) is 0 Å². The number of carbonyl (C=O) groups is 1. The molecule has 4 N–H and O–H groups in total. The molecule has 0 aliphatic heterocycles. The number of nitrogens with two attached hydrogens (primary N) is 1. The van der Waals surface area contributed by atoms with Gasteiger partial charge in [0.15, 0.2) is 0 Å². The van der Waals surface area contributed by atoms with Crippen LogP contribution in [0.2, 0.25) is 0 Å². The van der Waals surface area contributed by atoms with Crippen LogP contribution in [0.1, 0.15) is 25.7 Å². The monoisotopic (exact) mass is 309 g/mol. The Balaban J connectivity index is 1.60. The summed E-state index contributed by atoms with van der Waals surface area (Å²) in [6.07, 6.45) is 3.74. The molecule has 0 unspecified atom stereocenters. The van der Waals surface area contributed by atoms with Crippen LogP contribution in [-0.4, -0.2) is 11.9 Å². The van der Waals surface area contributed by atoms with Gasteiger partial charge in [0.05, 0.1) is 0 Å². The van der Waals surface area contributed by atoms with Crippen LogP contribution in [0, 0.1) is 5.92 Å². The van der Waals surface area contributed by atoms with Crippen molar-refractivity contribution in [2.24, 2.45) is 11.7 Å². The fourth-order valence-corrected chi connectivity index (χ4v) is 3.13. The van der Waals surface area contributed by atoms with E-state index in [2.05, 4.69) is 10.6 Å². The summed E-state index contributed by atoms with van der Waals surface area (Å²) in [6, 6.07) is 17.9. The predicted octanol–water partition coefficient (Wildman–Crippen LogP) is 3.89. The van der Waals surface area contributed by atoms with E-state index in [1.165, 1.54) is 0 Å². The smallest absolute Gasteiger partial charge is 0.224 e. The van der Waals surface area contributed by atoms with Crippen LogP contribution in [0.3, 0.4) is 0 Å². The summed E-state index contributed by atoms with van der Waals surface area (Å²) in [5.41, 5.74) is 8.82. The van der Waals surface area contributed by atoms with Crippen LogP contribution in [0.25, 0.3) is 0 Å². The molecule has 2 aromatic rings. The Morgan fingerprint density at radius 3 is 2.48 bits per heavy atom. The first-order valence-corrected chi connectivity index (χ1v) is 8.18. The number of benzene rings is 2. The predicted molar refractivity (Wildman–Crippen MR) is 94.7 cm³/mol. The molecule has 1 saturated carbocycles. The lowest BCUT2D eigenvalue weighted by molar-refractivity contribution is -0.117. The minimum atomic E-state index is 0.0456. The van der Waals surface area contributed by atoms with Gasteiger partial charge in [-0.3, -0.25) is 4.79 Å².